The second-order valence-corrected chi connectivity index (χ2v) is 6.33. The molecule has 3 rings (SSSR count). The highest BCUT2D eigenvalue weighted by atomic mass is 16.8. The predicted octanol–water partition coefficient (Wildman–Crippen LogP) is 1.45. The lowest BCUT2D eigenvalue weighted by molar-refractivity contribution is -0.197. The SMILES string of the molecule is COc1ccc(CN2C(=O)[C@H]3OC(C)(C)O[C@H]3C2OC(C)=O)cc1. The fourth-order valence-electron chi connectivity index (χ4n) is 3.05. The van der Waals surface area contributed by atoms with Crippen molar-refractivity contribution in [3.63, 3.8) is 0 Å². The first kappa shape index (κ1) is 16.7. The van der Waals surface area contributed by atoms with Crippen LogP contribution in [0.2, 0.25) is 0 Å². The largest absolute Gasteiger partial charge is 0.497 e. The molecule has 24 heavy (non-hydrogen) atoms. The maximum Gasteiger partial charge on any atom is 0.304 e. The summed E-state index contributed by atoms with van der Waals surface area (Å²) in [6.45, 7) is 5.07. The fourth-order valence-corrected chi connectivity index (χ4v) is 3.05. The first-order valence-corrected chi connectivity index (χ1v) is 7.77. The molecule has 0 spiro atoms. The van der Waals surface area contributed by atoms with Gasteiger partial charge < -0.3 is 18.9 Å². The van der Waals surface area contributed by atoms with Crippen LogP contribution in [-0.4, -0.2) is 48.1 Å². The first-order chi connectivity index (χ1) is 11.3. The Kier molecular flexibility index (Phi) is 4.23. The van der Waals surface area contributed by atoms with E-state index in [1.165, 1.54) is 11.8 Å². The molecule has 2 heterocycles. The van der Waals surface area contributed by atoms with Crippen molar-refractivity contribution < 1.29 is 28.5 Å². The molecule has 0 saturated carbocycles. The van der Waals surface area contributed by atoms with Crippen LogP contribution in [0.25, 0.3) is 0 Å². The number of hydrogen-bond acceptors (Lipinski definition) is 6. The minimum Gasteiger partial charge on any atom is -0.497 e. The van der Waals surface area contributed by atoms with Gasteiger partial charge in [0.2, 0.25) is 6.23 Å². The Hall–Kier alpha value is -2.12. The molecule has 0 bridgehead atoms. The zero-order valence-electron chi connectivity index (χ0n) is 14.1. The van der Waals surface area contributed by atoms with Gasteiger partial charge >= 0.3 is 5.97 Å². The van der Waals surface area contributed by atoms with Gasteiger partial charge in [0, 0.05) is 13.5 Å². The highest BCUT2D eigenvalue weighted by molar-refractivity contribution is 5.85. The molecule has 2 aliphatic rings. The first-order valence-electron chi connectivity index (χ1n) is 7.77. The van der Waals surface area contributed by atoms with Gasteiger partial charge in [0.25, 0.3) is 5.91 Å². The molecule has 130 valence electrons. The van der Waals surface area contributed by atoms with Crippen LogP contribution in [0.1, 0.15) is 26.3 Å². The van der Waals surface area contributed by atoms with Gasteiger partial charge in [-0.3, -0.25) is 14.5 Å². The van der Waals surface area contributed by atoms with E-state index in [4.69, 9.17) is 18.9 Å². The molecule has 2 aliphatic heterocycles. The van der Waals surface area contributed by atoms with Gasteiger partial charge in [-0.25, -0.2) is 0 Å². The Labute approximate surface area is 140 Å². The maximum absolute atomic E-state index is 12.7. The van der Waals surface area contributed by atoms with Crippen molar-refractivity contribution in [2.75, 3.05) is 7.11 Å². The lowest BCUT2D eigenvalue weighted by Crippen LogP contribution is -2.42. The summed E-state index contributed by atoms with van der Waals surface area (Å²) in [6.07, 6.45) is -2.19. The van der Waals surface area contributed by atoms with Crippen LogP contribution in [0.5, 0.6) is 5.75 Å². The molecule has 1 amide bonds. The number of amides is 1. The molecule has 1 aromatic rings. The number of carbonyl (C=O) groups is 2. The zero-order valence-corrected chi connectivity index (χ0v) is 14.1. The van der Waals surface area contributed by atoms with Gasteiger partial charge in [-0.2, -0.15) is 0 Å². The second-order valence-electron chi connectivity index (χ2n) is 6.33. The standard InChI is InChI=1S/C17H21NO6/c1-10(19)22-16-14-13(23-17(2,3)24-14)15(20)18(16)9-11-5-7-12(21-4)8-6-11/h5-8,13-14,16H,9H2,1-4H3/t13-,14+,16?/m0/s1. The number of hydrogen-bond donors (Lipinski definition) is 0. The molecule has 7 nitrogen and oxygen atoms in total. The topological polar surface area (TPSA) is 74.3 Å². The maximum atomic E-state index is 12.7. The van der Waals surface area contributed by atoms with E-state index in [1.807, 2.05) is 24.3 Å². The lowest BCUT2D eigenvalue weighted by atomic mass is 10.2. The molecule has 3 atom stereocenters. The van der Waals surface area contributed by atoms with Crippen LogP contribution >= 0.6 is 0 Å². The van der Waals surface area contributed by atoms with E-state index in [-0.39, 0.29) is 5.91 Å². The van der Waals surface area contributed by atoms with E-state index >= 15 is 0 Å². The number of rotatable bonds is 4. The zero-order chi connectivity index (χ0) is 17.5. The molecule has 0 radical (unpaired) electrons. The second kappa shape index (κ2) is 6.07. The quantitative estimate of drug-likeness (QED) is 0.775. The molecular weight excluding hydrogens is 314 g/mol. The Morgan fingerprint density at radius 1 is 1.25 bits per heavy atom. The summed E-state index contributed by atoms with van der Waals surface area (Å²) in [5, 5.41) is 0. The van der Waals surface area contributed by atoms with Gasteiger partial charge in [-0.05, 0) is 31.5 Å². The summed E-state index contributed by atoms with van der Waals surface area (Å²) in [6, 6.07) is 7.34. The van der Waals surface area contributed by atoms with Gasteiger partial charge in [-0.15, -0.1) is 0 Å². The average Bonchev–Trinajstić information content (AvgIpc) is 2.95. The number of methoxy groups -OCH3 is 1. The van der Waals surface area contributed by atoms with Crippen molar-refractivity contribution in [3.8, 4) is 5.75 Å². The minimum absolute atomic E-state index is 0.243. The molecule has 2 fully saturated rings. The third-order valence-corrected chi connectivity index (χ3v) is 4.04. The molecule has 0 N–H and O–H groups in total. The van der Waals surface area contributed by atoms with Gasteiger partial charge in [0.05, 0.1) is 7.11 Å². The smallest absolute Gasteiger partial charge is 0.304 e. The summed E-state index contributed by atoms with van der Waals surface area (Å²) in [5.41, 5.74) is 0.889. The molecule has 7 heteroatoms. The molecule has 0 aliphatic carbocycles. The number of likely N-dealkylation sites (tertiary alicyclic amines) is 1. The summed E-state index contributed by atoms with van der Waals surface area (Å²) in [7, 11) is 1.59. The minimum atomic E-state index is -0.879. The van der Waals surface area contributed by atoms with Crippen LogP contribution in [0, 0.1) is 0 Å². The summed E-state index contributed by atoms with van der Waals surface area (Å²) in [5.74, 6) is -0.863. The highest BCUT2D eigenvalue weighted by Gasteiger charge is 2.59. The van der Waals surface area contributed by atoms with E-state index < -0.39 is 30.2 Å². The van der Waals surface area contributed by atoms with E-state index in [0.717, 1.165) is 11.3 Å². The fraction of sp³-hybridized carbons (Fsp3) is 0.529. The Morgan fingerprint density at radius 2 is 1.92 bits per heavy atom. The number of ether oxygens (including phenoxy) is 4. The summed E-state index contributed by atoms with van der Waals surface area (Å²) in [4.78, 5) is 25.6. The summed E-state index contributed by atoms with van der Waals surface area (Å²) >= 11 is 0. The predicted molar refractivity (Wildman–Crippen MR) is 82.9 cm³/mol. The van der Waals surface area contributed by atoms with Crippen LogP contribution in [-0.2, 0) is 30.3 Å². The van der Waals surface area contributed by atoms with Crippen LogP contribution in [0.3, 0.4) is 0 Å². The van der Waals surface area contributed by atoms with Crippen molar-refractivity contribution in [3.05, 3.63) is 29.8 Å². The Bertz CT molecular complexity index is 641. The number of fused-ring (bicyclic) bond motifs is 1. The van der Waals surface area contributed by atoms with Crippen molar-refractivity contribution in [1.82, 2.24) is 4.90 Å². The Morgan fingerprint density at radius 3 is 2.50 bits per heavy atom. The van der Waals surface area contributed by atoms with E-state index in [0.29, 0.717) is 6.54 Å². The van der Waals surface area contributed by atoms with Crippen molar-refractivity contribution in [2.45, 2.75) is 51.5 Å². The molecule has 1 aromatic carbocycles. The number of nitrogens with zero attached hydrogens (tertiary/aromatic N) is 1. The summed E-state index contributed by atoms with van der Waals surface area (Å²) < 4.78 is 21.9. The third-order valence-electron chi connectivity index (χ3n) is 4.04. The van der Waals surface area contributed by atoms with Gasteiger partial charge in [0.15, 0.2) is 18.0 Å². The van der Waals surface area contributed by atoms with E-state index in [9.17, 15) is 9.59 Å². The van der Waals surface area contributed by atoms with Gasteiger partial charge in [-0.1, -0.05) is 12.1 Å². The third kappa shape index (κ3) is 3.09. The molecule has 2 saturated heterocycles. The molecular formula is C17H21NO6. The lowest BCUT2D eigenvalue weighted by Gasteiger charge is -2.29. The number of carbonyl (C=O) groups excluding carboxylic acids is 2. The Balaban J connectivity index is 1.82. The van der Waals surface area contributed by atoms with Crippen LogP contribution in [0.15, 0.2) is 24.3 Å². The number of esters is 1. The number of benzene rings is 1. The van der Waals surface area contributed by atoms with Crippen molar-refractivity contribution in [1.29, 1.82) is 0 Å². The molecule has 1 unspecified atom stereocenters. The van der Waals surface area contributed by atoms with Gasteiger partial charge in [0.1, 0.15) is 5.75 Å². The van der Waals surface area contributed by atoms with Crippen molar-refractivity contribution in [2.24, 2.45) is 0 Å². The van der Waals surface area contributed by atoms with Crippen LogP contribution in [0.4, 0.5) is 0 Å². The normalized spacial score (nSPS) is 27.9. The van der Waals surface area contributed by atoms with E-state index in [1.54, 1.807) is 21.0 Å². The molecule has 0 aromatic heterocycles. The van der Waals surface area contributed by atoms with Crippen molar-refractivity contribution >= 4 is 11.9 Å². The monoisotopic (exact) mass is 335 g/mol. The van der Waals surface area contributed by atoms with Crippen LogP contribution < -0.4 is 4.74 Å². The van der Waals surface area contributed by atoms with E-state index in [2.05, 4.69) is 0 Å². The highest BCUT2D eigenvalue weighted by Crippen LogP contribution is 2.38. The average molecular weight is 335 g/mol.